The fourth-order valence-corrected chi connectivity index (χ4v) is 3.52. The Hall–Kier alpha value is 0.137. The highest BCUT2D eigenvalue weighted by atomic mass is 28.3. The molecule has 74 valence electrons. The van der Waals surface area contributed by atoms with E-state index in [1.165, 1.54) is 12.5 Å². The maximum absolute atomic E-state index is 3.53. The average molecular weight is 188 g/mol. The van der Waals surface area contributed by atoms with Crippen molar-refractivity contribution >= 4 is 9.12 Å². The number of nitrogens with one attached hydrogen (secondary N) is 2. The normalized spacial score (nSPS) is 14.8. The fraction of sp³-hybridized carbons (Fsp3) is 1.00. The molecule has 0 saturated heterocycles. The van der Waals surface area contributed by atoms with Crippen LogP contribution in [-0.4, -0.2) is 22.7 Å². The van der Waals surface area contributed by atoms with Gasteiger partial charge in [0.15, 0.2) is 9.12 Å². The molecule has 2 N–H and O–H groups in total. The second kappa shape index (κ2) is 5.73. The van der Waals surface area contributed by atoms with Crippen molar-refractivity contribution in [2.24, 2.45) is 5.41 Å². The van der Waals surface area contributed by atoms with Crippen LogP contribution in [0.3, 0.4) is 0 Å². The molecule has 0 aliphatic carbocycles. The van der Waals surface area contributed by atoms with Gasteiger partial charge in [-0.1, -0.05) is 27.7 Å². The third-order valence-corrected chi connectivity index (χ3v) is 4.45. The van der Waals surface area contributed by atoms with Crippen molar-refractivity contribution in [1.82, 2.24) is 9.96 Å². The van der Waals surface area contributed by atoms with Gasteiger partial charge in [0.2, 0.25) is 0 Å². The summed E-state index contributed by atoms with van der Waals surface area (Å²) in [5.41, 5.74) is 0.484. The van der Waals surface area contributed by atoms with Gasteiger partial charge in [0.05, 0.1) is 0 Å². The van der Waals surface area contributed by atoms with E-state index in [9.17, 15) is 0 Å². The first kappa shape index (κ1) is 12.1. The van der Waals surface area contributed by atoms with E-state index >= 15 is 0 Å². The highest BCUT2D eigenvalue weighted by Gasteiger charge is 2.14. The second-order valence-corrected chi connectivity index (χ2v) is 7.17. The third-order valence-electron chi connectivity index (χ3n) is 1.98. The van der Waals surface area contributed by atoms with E-state index in [-0.39, 0.29) is 0 Å². The minimum atomic E-state index is -0.813. The molecule has 2 nitrogen and oxygen atoms in total. The van der Waals surface area contributed by atoms with Crippen molar-refractivity contribution in [3.63, 3.8) is 0 Å². The molecule has 0 bridgehead atoms. The van der Waals surface area contributed by atoms with Crippen LogP contribution in [0.4, 0.5) is 0 Å². The Labute approximate surface area is 78.9 Å². The van der Waals surface area contributed by atoms with Crippen LogP contribution < -0.4 is 9.96 Å². The average Bonchev–Trinajstić information content (AvgIpc) is 1.96. The Kier molecular flexibility index (Phi) is 5.79. The van der Waals surface area contributed by atoms with E-state index in [1.807, 2.05) is 0 Å². The molecule has 3 heteroatoms. The summed E-state index contributed by atoms with van der Waals surface area (Å²) in [4.78, 5) is 6.94. The van der Waals surface area contributed by atoms with Gasteiger partial charge >= 0.3 is 0 Å². The zero-order chi connectivity index (χ0) is 9.61. The fourth-order valence-electron chi connectivity index (χ4n) is 1.17. The van der Waals surface area contributed by atoms with Crippen LogP contribution in [0.15, 0.2) is 0 Å². The van der Waals surface area contributed by atoms with E-state index in [4.69, 9.17) is 0 Å². The zero-order valence-electron chi connectivity index (χ0n) is 9.20. The minimum Gasteiger partial charge on any atom is -0.331 e. The van der Waals surface area contributed by atoms with Gasteiger partial charge in [0, 0.05) is 0 Å². The molecule has 0 heterocycles. The van der Waals surface area contributed by atoms with E-state index in [2.05, 4.69) is 44.7 Å². The van der Waals surface area contributed by atoms with E-state index < -0.39 is 9.12 Å². The van der Waals surface area contributed by atoms with E-state index in [0.717, 1.165) is 6.54 Å². The second-order valence-electron chi connectivity index (χ2n) is 4.50. The van der Waals surface area contributed by atoms with Gasteiger partial charge in [0.1, 0.15) is 0 Å². The SMILES string of the molecule is CCN[SiH](CCC(C)(C)C)NC. The molecule has 0 spiro atoms. The van der Waals surface area contributed by atoms with Gasteiger partial charge in [-0.25, -0.2) is 0 Å². The summed E-state index contributed by atoms with van der Waals surface area (Å²) in [6, 6.07) is 1.34. The standard InChI is InChI=1S/C9H24N2Si/c1-6-11-12(10-5)8-7-9(2,3)4/h10-12H,6-8H2,1-5H3. The first-order chi connectivity index (χ1) is 5.49. The highest BCUT2D eigenvalue weighted by molar-refractivity contribution is 6.53. The van der Waals surface area contributed by atoms with Gasteiger partial charge in [-0.05, 0) is 31.5 Å². The lowest BCUT2D eigenvalue weighted by Crippen LogP contribution is -2.45. The van der Waals surface area contributed by atoms with Crippen molar-refractivity contribution in [1.29, 1.82) is 0 Å². The summed E-state index contributed by atoms with van der Waals surface area (Å²) in [5, 5.41) is 0. The molecule has 0 amide bonds. The van der Waals surface area contributed by atoms with Crippen molar-refractivity contribution < 1.29 is 0 Å². The molecule has 0 saturated carbocycles. The molecule has 0 aliphatic rings. The van der Waals surface area contributed by atoms with Gasteiger partial charge in [-0.15, -0.1) is 0 Å². The maximum atomic E-state index is 3.53. The zero-order valence-corrected chi connectivity index (χ0v) is 10.4. The lowest BCUT2D eigenvalue weighted by atomic mass is 9.94. The molecule has 0 radical (unpaired) electrons. The topological polar surface area (TPSA) is 24.1 Å². The van der Waals surface area contributed by atoms with Gasteiger partial charge in [-0.3, -0.25) is 0 Å². The molecule has 0 fully saturated rings. The Morgan fingerprint density at radius 1 is 1.25 bits per heavy atom. The van der Waals surface area contributed by atoms with Gasteiger partial charge in [0.25, 0.3) is 0 Å². The molecule has 12 heavy (non-hydrogen) atoms. The summed E-state index contributed by atoms with van der Waals surface area (Å²) >= 11 is 0. The molecule has 0 aromatic rings. The summed E-state index contributed by atoms with van der Waals surface area (Å²) in [6.07, 6.45) is 1.32. The van der Waals surface area contributed by atoms with Crippen molar-refractivity contribution in [2.75, 3.05) is 13.6 Å². The molecule has 0 aliphatic heterocycles. The van der Waals surface area contributed by atoms with E-state index in [0.29, 0.717) is 5.41 Å². The van der Waals surface area contributed by atoms with Crippen molar-refractivity contribution in [3.05, 3.63) is 0 Å². The van der Waals surface area contributed by atoms with Crippen LogP contribution in [-0.2, 0) is 0 Å². The van der Waals surface area contributed by atoms with Crippen LogP contribution in [0.2, 0.25) is 6.04 Å². The molecule has 0 aromatic carbocycles. The first-order valence-corrected chi connectivity index (χ1v) is 6.87. The molecular formula is C9H24N2Si. The van der Waals surface area contributed by atoms with Crippen LogP contribution >= 0.6 is 0 Å². The lowest BCUT2D eigenvalue weighted by molar-refractivity contribution is 0.395. The number of hydrogen-bond donors (Lipinski definition) is 2. The van der Waals surface area contributed by atoms with Crippen molar-refractivity contribution in [3.8, 4) is 0 Å². The lowest BCUT2D eigenvalue weighted by Gasteiger charge is -2.21. The predicted octanol–water partition coefficient (Wildman–Crippen LogP) is 1.47. The molecule has 0 rings (SSSR count). The quantitative estimate of drug-likeness (QED) is 0.639. The van der Waals surface area contributed by atoms with E-state index in [1.54, 1.807) is 0 Å². The summed E-state index contributed by atoms with van der Waals surface area (Å²) in [6.45, 7) is 10.2. The Morgan fingerprint density at radius 2 is 1.83 bits per heavy atom. The maximum Gasteiger partial charge on any atom is 0.184 e. The summed E-state index contributed by atoms with van der Waals surface area (Å²) in [5.74, 6) is 0. The van der Waals surface area contributed by atoms with Crippen LogP contribution in [0.25, 0.3) is 0 Å². The molecule has 1 unspecified atom stereocenters. The smallest absolute Gasteiger partial charge is 0.184 e. The Balaban J connectivity index is 3.58. The molecular weight excluding hydrogens is 164 g/mol. The monoisotopic (exact) mass is 188 g/mol. The first-order valence-electron chi connectivity index (χ1n) is 4.90. The van der Waals surface area contributed by atoms with Crippen LogP contribution in [0, 0.1) is 5.41 Å². The van der Waals surface area contributed by atoms with Crippen LogP contribution in [0.1, 0.15) is 34.1 Å². The summed E-state index contributed by atoms with van der Waals surface area (Å²) < 4.78 is 0. The third kappa shape index (κ3) is 6.82. The van der Waals surface area contributed by atoms with Crippen LogP contribution in [0.5, 0.6) is 0 Å². The number of rotatable bonds is 5. The highest BCUT2D eigenvalue weighted by Crippen LogP contribution is 2.20. The molecule has 0 aromatic heterocycles. The van der Waals surface area contributed by atoms with Gasteiger partial charge in [-0.2, -0.15) is 0 Å². The molecule has 1 atom stereocenters. The number of hydrogen-bond acceptors (Lipinski definition) is 2. The minimum absolute atomic E-state index is 0.484. The predicted molar refractivity (Wildman–Crippen MR) is 58.8 cm³/mol. The Morgan fingerprint density at radius 3 is 2.17 bits per heavy atom. The largest absolute Gasteiger partial charge is 0.331 e. The van der Waals surface area contributed by atoms with Crippen molar-refractivity contribution in [2.45, 2.75) is 40.2 Å². The summed E-state index contributed by atoms with van der Waals surface area (Å²) in [7, 11) is 1.26. The Bertz CT molecular complexity index is 110. The van der Waals surface area contributed by atoms with Gasteiger partial charge < -0.3 is 9.96 Å².